The Bertz CT molecular complexity index is 494. The lowest BCUT2D eigenvalue weighted by molar-refractivity contribution is 0.0913. The number of carbonyl (C=O) groups is 2. The second-order valence-corrected chi connectivity index (χ2v) is 3.53. The lowest BCUT2D eigenvalue weighted by Gasteiger charge is -2.10. The van der Waals surface area contributed by atoms with E-state index in [0.717, 1.165) is 11.3 Å². The van der Waals surface area contributed by atoms with Crippen molar-refractivity contribution >= 4 is 11.6 Å². The maximum atomic E-state index is 11.8. The Labute approximate surface area is 86.9 Å². The lowest BCUT2D eigenvalue weighted by Crippen LogP contribution is -2.17. The van der Waals surface area contributed by atoms with Crippen LogP contribution in [0.1, 0.15) is 32.1 Å². The fraction of sp³-hybridized carbons (Fsp3) is 0.273. The van der Waals surface area contributed by atoms with Crippen LogP contribution in [0.4, 0.5) is 0 Å². The molecular weight excluding hydrogens is 194 g/mol. The molecule has 0 saturated heterocycles. The molecule has 78 valence electrons. The summed E-state index contributed by atoms with van der Waals surface area (Å²) in [6.45, 7) is 3.65. The highest BCUT2D eigenvalue weighted by molar-refractivity contribution is 6.23. The Morgan fingerprint density at radius 1 is 1.27 bits per heavy atom. The number of aromatic amines is 1. The standard InChI is InChI=1S/C11H11NO3/c1-5-6(2)12-10-9(5)7(13)4-8(15-3)11(10)14/h4,12H,1-3H3. The number of ether oxygens (including phenoxy) is 1. The summed E-state index contributed by atoms with van der Waals surface area (Å²) in [5, 5.41) is 0. The number of Topliss-reactive ketones (excluding diaryl/α,β-unsaturated/α-hetero) is 1. The lowest BCUT2D eigenvalue weighted by atomic mass is 9.97. The van der Waals surface area contributed by atoms with E-state index in [2.05, 4.69) is 4.98 Å². The molecule has 1 heterocycles. The Hall–Kier alpha value is -1.84. The normalized spacial score (nSPS) is 15.0. The van der Waals surface area contributed by atoms with Crippen LogP contribution in [0.3, 0.4) is 0 Å². The fourth-order valence-electron chi connectivity index (χ4n) is 1.73. The molecule has 0 saturated carbocycles. The summed E-state index contributed by atoms with van der Waals surface area (Å²) in [7, 11) is 1.38. The van der Waals surface area contributed by atoms with Crippen molar-refractivity contribution in [1.29, 1.82) is 0 Å². The molecule has 4 heteroatoms. The van der Waals surface area contributed by atoms with E-state index >= 15 is 0 Å². The molecule has 15 heavy (non-hydrogen) atoms. The average molecular weight is 205 g/mol. The minimum atomic E-state index is -0.261. The van der Waals surface area contributed by atoms with Crippen molar-refractivity contribution in [3.05, 3.63) is 34.3 Å². The van der Waals surface area contributed by atoms with Gasteiger partial charge >= 0.3 is 0 Å². The largest absolute Gasteiger partial charge is 0.492 e. The molecule has 1 aliphatic rings. The molecule has 0 radical (unpaired) electrons. The average Bonchev–Trinajstić information content (AvgIpc) is 2.50. The summed E-state index contributed by atoms with van der Waals surface area (Å²) >= 11 is 0. The molecule has 4 nitrogen and oxygen atoms in total. The molecular formula is C11H11NO3. The zero-order chi connectivity index (χ0) is 11.2. The molecule has 0 atom stereocenters. The van der Waals surface area contributed by atoms with Crippen LogP contribution in [0, 0.1) is 13.8 Å². The van der Waals surface area contributed by atoms with Gasteiger partial charge in [0.2, 0.25) is 5.78 Å². The third-order valence-electron chi connectivity index (χ3n) is 2.68. The summed E-state index contributed by atoms with van der Waals surface area (Å²) in [4.78, 5) is 26.4. The number of nitrogens with one attached hydrogen (secondary N) is 1. The van der Waals surface area contributed by atoms with Gasteiger partial charge in [-0.15, -0.1) is 0 Å². The number of H-pyrrole nitrogens is 1. The predicted molar refractivity (Wildman–Crippen MR) is 54.0 cm³/mol. The maximum absolute atomic E-state index is 11.8. The van der Waals surface area contributed by atoms with E-state index in [-0.39, 0.29) is 17.3 Å². The molecule has 0 amide bonds. The van der Waals surface area contributed by atoms with Gasteiger partial charge in [0, 0.05) is 11.8 Å². The number of methoxy groups -OCH3 is 1. The Kier molecular flexibility index (Phi) is 2.00. The summed E-state index contributed by atoms with van der Waals surface area (Å²) in [5.74, 6) is -0.347. The molecule has 0 bridgehead atoms. The first-order valence-corrected chi connectivity index (χ1v) is 4.60. The van der Waals surface area contributed by atoms with Crippen molar-refractivity contribution in [2.45, 2.75) is 13.8 Å². The first kappa shape index (κ1) is 9.71. The van der Waals surface area contributed by atoms with Crippen molar-refractivity contribution in [2.75, 3.05) is 7.11 Å². The van der Waals surface area contributed by atoms with Crippen LogP contribution in [0.2, 0.25) is 0 Å². The Balaban J connectivity index is 2.66. The summed E-state index contributed by atoms with van der Waals surface area (Å²) in [6.07, 6.45) is 1.24. The van der Waals surface area contributed by atoms with E-state index in [1.165, 1.54) is 13.2 Å². The van der Waals surface area contributed by atoms with E-state index < -0.39 is 0 Å². The highest BCUT2D eigenvalue weighted by atomic mass is 16.5. The highest BCUT2D eigenvalue weighted by Crippen LogP contribution is 2.25. The van der Waals surface area contributed by atoms with Gasteiger partial charge in [-0.3, -0.25) is 9.59 Å². The predicted octanol–water partition coefficient (Wildman–Crippen LogP) is 1.54. The topological polar surface area (TPSA) is 59.2 Å². The molecule has 1 aromatic heterocycles. The number of hydrogen-bond acceptors (Lipinski definition) is 3. The molecule has 0 unspecified atom stereocenters. The van der Waals surface area contributed by atoms with Crippen LogP contribution < -0.4 is 0 Å². The number of aromatic nitrogens is 1. The van der Waals surface area contributed by atoms with Gasteiger partial charge in [0.05, 0.1) is 12.7 Å². The van der Waals surface area contributed by atoms with Gasteiger partial charge in [0.1, 0.15) is 5.69 Å². The zero-order valence-electron chi connectivity index (χ0n) is 8.80. The van der Waals surface area contributed by atoms with Crippen molar-refractivity contribution in [3.8, 4) is 0 Å². The van der Waals surface area contributed by atoms with Gasteiger partial charge in [-0.2, -0.15) is 0 Å². The summed E-state index contributed by atoms with van der Waals surface area (Å²) in [6, 6.07) is 0. The highest BCUT2D eigenvalue weighted by Gasteiger charge is 2.30. The first-order chi connectivity index (χ1) is 7.06. The van der Waals surface area contributed by atoms with Crippen molar-refractivity contribution in [1.82, 2.24) is 4.98 Å². The summed E-state index contributed by atoms with van der Waals surface area (Å²) < 4.78 is 4.85. The molecule has 1 aliphatic carbocycles. The van der Waals surface area contributed by atoms with Gasteiger partial charge in [-0.25, -0.2) is 0 Å². The second kappa shape index (κ2) is 3.08. The maximum Gasteiger partial charge on any atom is 0.244 e. The second-order valence-electron chi connectivity index (χ2n) is 3.53. The molecule has 0 fully saturated rings. The number of rotatable bonds is 1. The van der Waals surface area contributed by atoms with E-state index in [9.17, 15) is 9.59 Å². The number of hydrogen-bond donors (Lipinski definition) is 1. The molecule has 1 aromatic rings. The minimum Gasteiger partial charge on any atom is -0.492 e. The van der Waals surface area contributed by atoms with Crippen LogP contribution >= 0.6 is 0 Å². The number of fused-ring (bicyclic) bond motifs is 1. The van der Waals surface area contributed by atoms with E-state index in [0.29, 0.717) is 11.3 Å². The van der Waals surface area contributed by atoms with Crippen molar-refractivity contribution in [3.63, 3.8) is 0 Å². The Morgan fingerprint density at radius 3 is 2.53 bits per heavy atom. The molecule has 1 N–H and O–H groups in total. The van der Waals surface area contributed by atoms with Crippen LogP contribution in [0.5, 0.6) is 0 Å². The van der Waals surface area contributed by atoms with Gasteiger partial charge < -0.3 is 9.72 Å². The smallest absolute Gasteiger partial charge is 0.244 e. The molecule has 0 aromatic carbocycles. The van der Waals surface area contributed by atoms with Gasteiger partial charge in [-0.05, 0) is 19.4 Å². The van der Waals surface area contributed by atoms with Gasteiger partial charge in [0.15, 0.2) is 11.5 Å². The quantitative estimate of drug-likeness (QED) is 0.756. The third-order valence-corrected chi connectivity index (χ3v) is 2.68. The van der Waals surface area contributed by atoms with E-state index in [4.69, 9.17) is 4.74 Å². The number of carbonyl (C=O) groups excluding carboxylic acids is 2. The van der Waals surface area contributed by atoms with Crippen molar-refractivity contribution < 1.29 is 14.3 Å². The van der Waals surface area contributed by atoms with E-state index in [1.807, 2.05) is 13.8 Å². The SMILES string of the molecule is COC1=CC(=O)c2c([nH]c(C)c2C)C1=O. The minimum absolute atomic E-state index is 0.0914. The third kappa shape index (κ3) is 1.21. The van der Waals surface area contributed by atoms with Crippen LogP contribution in [0.15, 0.2) is 11.8 Å². The van der Waals surface area contributed by atoms with Gasteiger partial charge in [-0.1, -0.05) is 0 Å². The number of ketones is 2. The number of allylic oxidation sites excluding steroid dienone is 2. The molecule has 0 aliphatic heterocycles. The number of aryl methyl sites for hydroxylation is 1. The summed E-state index contributed by atoms with van der Waals surface area (Å²) in [5.41, 5.74) is 2.48. The Morgan fingerprint density at radius 2 is 1.93 bits per heavy atom. The van der Waals surface area contributed by atoms with Crippen LogP contribution in [0.25, 0.3) is 0 Å². The van der Waals surface area contributed by atoms with Crippen LogP contribution in [-0.4, -0.2) is 23.7 Å². The first-order valence-electron chi connectivity index (χ1n) is 4.60. The fourth-order valence-corrected chi connectivity index (χ4v) is 1.73. The zero-order valence-corrected chi connectivity index (χ0v) is 8.80. The molecule has 2 rings (SSSR count). The van der Waals surface area contributed by atoms with E-state index in [1.54, 1.807) is 0 Å². The van der Waals surface area contributed by atoms with Crippen molar-refractivity contribution in [2.24, 2.45) is 0 Å². The molecule has 0 spiro atoms. The van der Waals surface area contributed by atoms with Crippen LogP contribution in [-0.2, 0) is 4.74 Å². The monoisotopic (exact) mass is 205 g/mol. The van der Waals surface area contributed by atoms with Gasteiger partial charge in [0.25, 0.3) is 0 Å².